The van der Waals surface area contributed by atoms with Gasteiger partial charge >= 0.3 is 0 Å². The number of phenolic OH excluding ortho intramolecular Hbond substituents is 1. The zero-order valence-electron chi connectivity index (χ0n) is 11.1. The molecule has 0 aliphatic carbocycles. The molecular formula is C15H12FNO4. The van der Waals surface area contributed by atoms with Crippen molar-refractivity contribution in [2.75, 3.05) is 7.11 Å². The van der Waals surface area contributed by atoms with Crippen LogP contribution in [0.5, 0.6) is 11.5 Å². The summed E-state index contributed by atoms with van der Waals surface area (Å²) in [4.78, 5) is 23.7. The number of methoxy groups -OCH3 is 1. The van der Waals surface area contributed by atoms with Crippen LogP contribution < -0.4 is 10.1 Å². The van der Waals surface area contributed by atoms with E-state index in [1.807, 2.05) is 5.32 Å². The van der Waals surface area contributed by atoms with E-state index in [0.717, 1.165) is 6.07 Å². The first-order chi connectivity index (χ1) is 10.0. The molecule has 0 fully saturated rings. The molecule has 0 unspecified atom stereocenters. The Labute approximate surface area is 120 Å². The summed E-state index contributed by atoms with van der Waals surface area (Å²) < 4.78 is 18.3. The second-order valence-corrected chi connectivity index (χ2v) is 4.15. The summed E-state index contributed by atoms with van der Waals surface area (Å²) in [7, 11) is 1.41. The Morgan fingerprint density at radius 2 is 1.76 bits per heavy atom. The molecule has 2 amide bonds. The summed E-state index contributed by atoms with van der Waals surface area (Å²) in [6.45, 7) is 0. The van der Waals surface area contributed by atoms with E-state index in [1.165, 1.54) is 43.5 Å². The van der Waals surface area contributed by atoms with Crippen molar-refractivity contribution in [1.29, 1.82) is 0 Å². The van der Waals surface area contributed by atoms with Crippen LogP contribution in [0.25, 0.3) is 0 Å². The van der Waals surface area contributed by atoms with Crippen molar-refractivity contribution >= 4 is 11.8 Å². The van der Waals surface area contributed by atoms with Crippen molar-refractivity contribution in [3.8, 4) is 11.5 Å². The monoisotopic (exact) mass is 289 g/mol. The van der Waals surface area contributed by atoms with E-state index in [4.69, 9.17) is 4.74 Å². The van der Waals surface area contributed by atoms with E-state index < -0.39 is 17.6 Å². The summed E-state index contributed by atoms with van der Waals surface area (Å²) in [5.74, 6) is -2.42. The Hall–Kier alpha value is -2.89. The first-order valence-corrected chi connectivity index (χ1v) is 6.00. The number of imide groups is 1. The van der Waals surface area contributed by atoms with Crippen LogP contribution in [0, 0.1) is 5.82 Å². The highest BCUT2D eigenvalue weighted by Gasteiger charge is 2.18. The third-order valence-corrected chi connectivity index (χ3v) is 2.80. The fourth-order valence-corrected chi connectivity index (χ4v) is 1.71. The number of hydrogen-bond acceptors (Lipinski definition) is 4. The van der Waals surface area contributed by atoms with Crippen LogP contribution in [0.3, 0.4) is 0 Å². The van der Waals surface area contributed by atoms with Crippen LogP contribution >= 0.6 is 0 Å². The van der Waals surface area contributed by atoms with E-state index in [-0.39, 0.29) is 16.9 Å². The van der Waals surface area contributed by atoms with Gasteiger partial charge in [0.05, 0.1) is 18.2 Å². The number of carbonyl (C=O) groups is 2. The summed E-state index contributed by atoms with van der Waals surface area (Å²) >= 11 is 0. The van der Waals surface area contributed by atoms with E-state index in [9.17, 15) is 19.1 Å². The fourth-order valence-electron chi connectivity index (χ4n) is 1.71. The Kier molecular flexibility index (Phi) is 4.18. The van der Waals surface area contributed by atoms with Crippen LogP contribution in [-0.2, 0) is 0 Å². The van der Waals surface area contributed by atoms with Gasteiger partial charge in [0.25, 0.3) is 11.8 Å². The molecule has 0 aliphatic rings. The smallest absolute Gasteiger partial charge is 0.261 e. The third-order valence-electron chi connectivity index (χ3n) is 2.80. The molecule has 6 heteroatoms. The first kappa shape index (κ1) is 14.5. The number of benzene rings is 2. The molecule has 0 saturated carbocycles. The molecule has 108 valence electrons. The molecule has 0 atom stereocenters. The molecule has 0 aliphatic heterocycles. The minimum absolute atomic E-state index is 0.111. The van der Waals surface area contributed by atoms with E-state index in [2.05, 4.69) is 0 Å². The zero-order chi connectivity index (χ0) is 15.4. The average molecular weight is 289 g/mol. The molecule has 21 heavy (non-hydrogen) atoms. The number of aromatic hydroxyl groups is 1. The maximum Gasteiger partial charge on any atom is 0.261 e. The lowest BCUT2D eigenvalue weighted by Crippen LogP contribution is -2.31. The highest BCUT2D eigenvalue weighted by Crippen LogP contribution is 2.23. The second-order valence-electron chi connectivity index (χ2n) is 4.15. The van der Waals surface area contributed by atoms with Crippen LogP contribution in [0.15, 0.2) is 42.5 Å². The summed E-state index contributed by atoms with van der Waals surface area (Å²) in [6.07, 6.45) is 0. The predicted octanol–water partition coefficient (Wildman–Crippen LogP) is 2.11. The van der Waals surface area contributed by atoms with Gasteiger partial charge in [-0.15, -0.1) is 0 Å². The minimum atomic E-state index is -0.881. The van der Waals surface area contributed by atoms with Crippen LogP contribution in [-0.4, -0.2) is 24.0 Å². The summed E-state index contributed by atoms with van der Waals surface area (Å²) in [5, 5.41) is 11.7. The number of ether oxygens (including phenoxy) is 1. The molecule has 0 aromatic heterocycles. The maximum absolute atomic E-state index is 13.4. The SMILES string of the molecule is COc1ccc(C(=O)NC(=O)c2ccccc2F)c(O)c1. The molecule has 2 aromatic carbocycles. The highest BCUT2D eigenvalue weighted by atomic mass is 19.1. The number of hydrogen-bond donors (Lipinski definition) is 2. The molecule has 0 spiro atoms. The summed E-state index contributed by atoms with van der Waals surface area (Å²) in [5.41, 5.74) is -0.362. The largest absolute Gasteiger partial charge is 0.507 e. The molecule has 0 radical (unpaired) electrons. The Balaban J connectivity index is 2.19. The molecule has 0 saturated heterocycles. The lowest BCUT2D eigenvalue weighted by molar-refractivity contribution is 0.0846. The number of phenols is 1. The van der Waals surface area contributed by atoms with Crippen LogP contribution in [0.4, 0.5) is 4.39 Å². The average Bonchev–Trinajstić information content (AvgIpc) is 2.47. The predicted molar refractivity (Wildman–Crippen MR) is 72.9 cm³/mol. The van der Waals surface area contributed by atoms with Crippen molar-refractivity contribution in [2.24, 2.45) is 0 Å². The standard InChI is InChI=1S/C15H12FNO4/c1-21-9-6-7-11(13(18)8-9)15(20)17-14(19)10-4-2-3-5-12(10)16/h2-8,18H,1H3,(H,17,19,20). The Morgan fingerprint density at radius 3 is 2.38 bits per heavy atom. The van der Waals surface area contributed by atoms with Crippen molar-refractivity contribution in [3.63, 3.8) is 0 Å². The van der Waals surface area contributed by atoms with Gasteiger partial charge in [0, 0.05) is 6.07 Å². The van der Waals surface area contributed by atoms with Crippen molar-refractivity contribution < 1.29 is 23.8 Å². The number of rotatable bonds is 3. The molecule has 2 rings (SSSR count). The molecule has 0 heterocycles. The quantitative estimate of drug-likeness (QED) is 0.849. The minimum Gasteiger partial charge on any atom is -0.507 e. The van der Waals surface area contributed by atoms with Crippen molar-refractivity contribution in [2.45, 2.75) is 0 Å². The number of halogens is 1. The molecule has 2 aromatic rings. The highest BCUT2D eigenvalue weighted by molar-refractivity contribution is 6.11. The maximum atomic E-state index is 13.4. The lowest BCUT2D eigenvalue weighted by Gasteiger charge is -2.08. The van der Waals surface area contributed by atoms with Gasteiger partial charge in [-0.3, -0.25) is 14.9 Å². The third kappa shape index (κ3) is 3.17. The van der Waals surface area contributed by atoms with Gasteiger partial charge in [-0.1, -0.05) is 12.1 Å². The van der Waals surface area contributed by atoms with Crippen molar-refractivity contribution in [1.82, 2.24) is 5.32 Å². The molecule has 2 N–H and O–H groups in total. The number of amides is 2. The van der Waals surface area contributed by atoms with Gasteiger partial charge in [-0.05, 0) is 24.3 Å². The van der Waals surface area contributed by atoms with Crippen molar-refractivity contribution in [3.05, 3.63) is 59.4 Å². The van der Waals surface area contributed by atoms with E-state index in [0.29, 0.717) is 5.75 Å². The van der Waals surface area contributed by atoms with Gasteiger partial charge in [-0.2, -0.15) is 0 Å². The summed E-state index contributed by atoms with van der Waals surface area (Å²) in [6, 6.07) is 9.29. The topological polar surface area (TPSA) is 75.6 Å². The Bertz CT molecular complexity index is 700. The number of carbonyl (C=O) groups excluding carboxylic acids is 2. The van der Waals surface area contributed by atoms with Crippen LogP contribution in [0.2, 0.25) is 0 Å². The van der Waals surface area contributed by atoms with Gasteiger partial charge < -0.3 is 9.84 Å². The normalized spacial score (nSPS) is 10.0. The van der Waals surface area contributed by atoms with Gasteiger partial charge in [-0.25, -0.2) is 4.39 Å². The van der Waals surface area contributed by atoms with Crippen LogP contribution in [0.1, 0.15) is 20.7 Å². The zero-order valence-corrected chi connectivity index (χ0v) is 11.1. The first-order valence-electron chi connectivity index (χ1n) is 6.00. The molecule has 0 bridgehead atoms. The fraction of sp³-hybridized carbons (Fsp3) is 0.0667. The van der Waals surface area contributed by atoms with Gasteiger partial charge in [0.15, 0.2) is 0 Å². The number of nitrogens with one attached hydrogen (secondary N) is 1. The van der Waals surface area contributed by atoms with Gasteiger partial charge in [0.1, 0.15) is 17.3 Å². The van der Waals surface area contributed by atoms with E-state index >= 15 is 0 Å². The molecule has 5 nitrogen and oxygen atoms in total. The van der Waals surface area contributed by atoms with E-state index in [1.54, 1.807) is 0 Å². The van der Waals surface area contributed by atoms with Gasteiger partial charge in [0.2, 0.25) is 0 Å². The Morgan fingerprint density at radius 1 is 1.10 bits per heavy atom. The lowest BCUT2D eigenvalue weighted by atomic mass is 10.1. The second kappa shape index (κ2) is 6.04. The molecular weight excluding hydrogens is 277 g/mol.